The number of nitrogens with zero attached hydrogens (tertiary/aromatic N) is 2. The number of anilines is 2. The van der Waals surface area contributed by atoms with Crippen molar-refractivity contribution in [3.8, 4) is 0 Å². The molecule has 0 saturated carbocycles. The van der Waals surface area contributed by atoms with Crippen molar-refractivity contribution in [3.05, 3.63) is 48.3 Å². The van der Waals surface area contributed by atoms with Crippen LogP contribution in [0.4, 0.5) is 20.6 Å². The maximum atomic E-state index is 13.4. The topological polar surface area (TPSA) is 104 Å². The molecule has 1 aromatic heterocycles. The number of aromatic carboxylic acids is 1. The number of carboxylic acids is 1. The van der Waals surface area contributed by atoms with Crippen molar-refractivity contribution in [2.24, 2.45) is 0 Å². The normalized spacial score (nSPS) is 9.85. The second-order valence-electron chi connectivity index (χ2n) is 3.71. The summed E-state index contributed by atoms with van der Waals surface area (Å²) in [5.74, 6) is -2.31. The van der Waals surface area contributed by atoms with Gasteiger partial charge in [0.15, 0.2) is 0 Å². The quantitative estimate of drug-likeness (QED) is 0.794. The average Bonchev–Trinajstić information content (AvgIpc) is 2.39. The Balaban J connectivity index is 2.05. The van der Waals surface area contributed by atoms with Crippen LogP contribution in [0.2, 0.25) is 0 Å². The Kier molecular flexibility index (Phi) is 3.85. The molecule has 0 radical (unpaired) electrons. The van der Waals surface area contributed by atoms with Crippen LogP contribution in [0.15, 0.2) is 36.9 Å². The zero-order valence-electron chi connectivity index (χ0n) is 10.0. The molecule has 2 amide bonds. The number of hydrogen-bond acceptors (Lipinski definition) is 4. The molecule has 2 rings (SSSR count). The van der Waals surface area contributed by atoms with Gasteiger partial charge in [0, 0.05) is 5.69 Å². The molecule has 7 nitrogen and oxygen atoms in total. The molecule has 2 aromatic rings. The van der Waals surface area contributed by atoms with E-state index < -0.39 is 23.4 Å². The maximum Gasteiger partial charge on any atom is 0.338 e. The van der Waals surface area contributed by atoms with Crippen LogP contribution in [0, 0.1) is 5.82 Å². The summed E-state index contributed by atoms with van der Waals surface area (Å²) in [6, 6.07) is 2.65. The number of carboxylic acid groups (broad SMARTS) is 1. The van der Waals surface area contributed by atoms with E-state index in [1.54, 1.807) is 0 Å². The Labute approximate surface area is 112 Å². The minimum atomic E-state index is -1.38. The van der Waals surface area contributed by atoms with Crippen molar-refractivity contribution >= 4 is 23.4 Å². The van der Waals surface area contributed by atoms with E-state index in [4.69, 9.17) is 5.11 Å². The van der Waals surface area contributed by atoms with E-state index in [1.807, 2.05) is 0 Å². The van der Waals surface area contributed by atoms with E-state index in [-0.39, 0.29) is 5.69 Å². The van der Waals surface area contributed by atoms with Gasteiger partial charge in [-0.15, -0.1) is 0 Å². The predicted molar refractivity (Wildman–Crippen MR) is 68.0 cm³/mol. The number of nitrogens with one attached hydrogen (secondary N) is 2. The zero-order valence-corrected chi connectivity index (χ0v) is 10.0. The smallest absolute Gasteiger partial charge is 0.338 e. The number of carbonyl (C=O) groups excluding carboxylic acids is 1. The second kappa shape index (κ2) is 5.74. The Morgan fingerprint density at radius 1 is 1.10 bits per heavy atom. The monoisotopic (exact) mass is 276 g/mol. The molecule has 1 aromatic carbocycles. The lowest BCUT2D eigenvalue weighted by molar-refractivity contribution is 0.0692. The van der Waals surface area contributed by atoms with Crippen molar-refractivity contribution in [3.63, 3.8) is 0 Å². The van der Waals surface area contributed by atoms with Gasteiger partial charge in [0.25, 0.3) is 0 Å². The van der Waals surface area contributed by atoms with Crippen LogP contribution >= 0.6 is 0 Å². The third-order valence-corrected chi connectivity index (χ3v) is 2.28. The molecule has 0 bridgehead atoms. The minimum absolute atomic E-state index is 0.127. The van der Waals surface area contributed by atoms with Gasteiger partial charge in [-0.2, -0.15) is 0 Å². The number of amides is 2. The van der Waals surface area contributed by atoms with Gasteiger partial charge >= 0.3 is 12.0 Å². The highest BCUT2D eigenvalue weighted by Gasteiger charge is 2.11. The highest BCUT2D eigenvalue weighted by Crippen LogP contribution is 2.15. The molecular formula is C12H9FN4O3. The Bertz CT molecular complexity index is 648. The average molecular weight is 276 g/mol. The Morgan fingerprint density at radius 3 is 2.35 bits per heavy atom. The molecule has 0 aliphatic heterocycles. The van der Waals surface area contributed by atoms with Crippen LogP contribution in [0.25, 0.3) is 0 Å². The first kappa shape index (κ1) is 13.4. The summed E-state index contributed by atoms with van der Waals surface area (Å²) >= 11 is 0. The van der Waals surface area contributed by atoms with E-state index >= 15 is 0 Å². The first-order valence-electron chi connectivity index (χ1n) is 5.42. The van der Waals surface area contributed by atoms with E-state index in [0.29, 0.717) is 5.69 Å². The predicted octanol–water partition coefficient (Wildman–Crippen LogP) is 1.96. The molecular weight excluding hydrogens is 267 g/mol. The van der Waals surface area contributed by atoms with Gasteiger partial charge in [0.1, 0.15) is 12.1 Å². The Morgan fingerprint density at radius 2 is 1.75 bits per heavy atom. The van der Waals surface area contributed by atoms with Crippen molar-refractivity contribution in [1.29, 1.82) is 0 Å². The van der Waals surface area contributed by atoms with Crippen molar-refractivity contribution in [1.82, 2.24) is 9.97 Å². The van der Waals surface area contributed by atoms with Crippen molar-refractivity contribution in [2.75, 3.05) is 10.6 Å². The molecule has 0 unspecified atom stereocenters. The molecule has 0 saturated heterocycles. The van der Waals surface area contributed by atoms with Crippen molar-refractivity contribution in [2.45, 2.75) is 0 Å². The third-order valence-electron chi connectivity index (χ3n) is 2.28. The molecule has 20 heavy (non-hydrogen) atoms. The van der Waals surface area contributed by atoms with Crippen LogP contribution in [-0.2, 0) is 0 Å². The number of benzene rings is 1. The molecule has 102 valence electrons. The molecule has 0 atom stereocenters. The SMILES string of the molecule is O=C(Nc1cncnc1)Nc1ccc(C(=O)O)c(F)c1. The number of urea groups is 1. The number of aromatic nitrogens is 2. The summed E-state index contributed by atoms with van der Waals surface area (Å²) in [5, 5.41) is 13.5. The summed E-state index contributed by atoms with van der Waals surface area (Å²) < 4.78 is 13.4. The molecule has 3 N–H and O–H groups in total. The zero-order chi connectivity index (χ0) is 14.5. The molecule has 1 heterocycles. The minimum Gasteiger partial charge on any atom is -0.478 e. The first-order valence-corrected chi connectivity index (χ1v) is 5.42. The van der Waals surface area contributed by atoms with Gasteiger partial charge in [0.05, 0.1) is 23.6 Å². The second-order valence-corrected chi connectivity index (χ2v) is 3.71. The maximum absolute atomic E-state index is 13.4. The lowest BCUT2D eigenvalue weighted by atomic mass is 10.2. The van der Waals surface area contributed by atoms with E-state index in [9.17, 15) is 14.0 Å². The van der Waals surface area contributed by atoms with Crippen LogP contribution in [0.1, 0.15) is 10.4 Å². The van der Waals surface area contributed by atoms with Gasteiger partial charge in [0.2, 0.25) is 0 Å². The summed E-state index contributed by atoms with van der Waals surface area (Å²) in [7, 11) is 0. The lowest BCUT2D eigenvalue weighted by Gasteiger charge is -2.07. The Hall–Kier alpha value is -3.03. The van der Waals surface area contributed by atoms with E-state index in [2.05, 4.69) is 20.6 Å². The van der Waals surface area contributed by atoms with E-state index in [0.717, 1.165) is 12.1 Å². The van der Waals surface area contributed by atoms with Gasteiger partial charge in [-0.1, -0.05) is 0 Å². The van der Waals surface area contributed by atoms with Crippen LogP contribution < -0.4 is 10.6 Å². The third kappa shape index (κ3) is 3.25. The number of carbonyl (C=O) groups is 2. The summed E-state index contributed by atoms with van der Waals surface area (Å²) in [6.45, 7) is 0. The lowest BCUT2D eigenvalue weighted by Crippen LogP contribution is -2.19. The standard InChI is InChI=1S/C12H9FN4O3/c13-10-3-7(1-2-9(10)11(18)19)16-12(20)17-8-4-14-6-15-5-8/h1-6H,(H,18,19)(H2,16,17,20). The molecule has 0 aliphatic carbocycles. The fourth-order valence-corrected chi connectivity index (χ4v) is 1.42. The van der Waals surface area contributed by atoms with Gasteiger partial charge < -0.3 is 15.7 Å². The molecule has 0 fully saturated rings. The first-order chi connectivity index (χ1) is 9.56. The highest BCUT2D eigenvalue weighted by atomic mass is 19.1. The summed E-state index contributed by atoms with van der Waals surface area (Å²) in [6.07, 6.45) is 4.09. The summed E-state index contributed by atoms with van der Waals surface area (Å²) in [5.41, 5.74) is 0.0295. The van der Waals surface area contributed by atoms with Crippen LogP contribution in [0.5, 0.6) is 0 Å². The summed E-state index contributed by atoms with van der Waals surface area (Å²) in [4.78, 5) is 29.7. The molecule has 8 heteroatoms. The van der Waals surface area contributed by atoms with Crippen molar-refractivity contribution < 1.29 is 19.1 Å². The van der Waals surface area contributed by atoms with Crippen LogP contribution in [-0.4, -0.2) is 27.1 Å². The molecule has 0 spiro atoms. The molecule has 0 aliphatic rings. The van der Waals surface area contributed by atoms with Crippen LogP contribution in [0.3, 0.4) is 0 Å². The van der Waals surface area contributed by atoms with Gasteiger partial charge in [-0.05, 0) is 18.2 Å². The fraction of sp³-hybridized carbons (Fsp3) is 0. The largest absolute Gasteiger partial charge is 0.478 e. The van der Waals surface area contributed by atoms with Gasteiger partial charge in [-0.3, -0.25) is 0 Å². The van der Waals surface area contributed by atoms with E-state index in [1.165, 1.54) is 24.8 Å². The van der Waals surface area contributed by atoms with Gasteiger partial charge in [-0.25, -0.2) is 23.9 Å². The number of halogens is 1. The number of rotatable bonds is 3. The number of hydrogen-bond donors (Lipinski definition) is 3. The highest BCUT2D eigenvalue weighted by molar-refractivity contribution is 5.99. The fourth-order valence-electron chi connectivity index (χ4n) is 1.42.